The molecule has 0 radical (unpaired) electrons. The van der Waals surface area contributed by atoms with Crippen LogP contribution in [0.25, 0.3) is 0 Å². The van der Waals surface area contributed by atoms with Crippen LogP contribution >= 0.6 is 0 Å². The van der Waals surface area contributed by atoms with Crippen LogP contribution in [0.5, 0.6) is 0 Å². The van der Waals surface area contributed by atoms with Crippen LogP contribution in [0.3, 0.4) is 0 Å². The van der Waals surface area contributed by atoms with Crippen molar-refractivity contribution in [1.82, 2.24) is 4.57 Å². The highest BCUT2D eigenvalue weighted by Crippen LogP contribution is 2.15. The fourth-order valence-electron chi connectivity index (χ4n) is 1.62. The molecule has 0 spiro atoms. The number of ether oxygens (including phenoxy) is 1. The van der Waals surface area contributed by atoms with Gasteiger partial charge in [0.1, 0.15) is 6.10 Å². The summed E-state index contributed by atoms with van der Waals surface area (Å²) in [5.74, 6) is -0.144. The van der Waals surface area contributed by atoms with E-state index < -0.39 is 0 Å². The number of carbonyl (C=O) groups is 2. The maximum Gasteiger partial charge on any atom is 0.260 e. The molecular weight excluding hydrogens is 182 g/mol. The zero-order valence-corrected chi connectivity index (χ0v) is 7.68. The van der Waals surface area contributed by atoms with E-state index in [4.69, 9.17) is 4.74 Å². The molecule has 0 aliphatic carbocycles. The van der Waals surface area contributed by atoms with E-state index in [1.807, 2.05) is 0 Å². The summed E-state index contributed by atoms with van der Waals surface area (Å²) in [4.78, 5) is 22.4. The average Bonchev–Trinajstić information content (AvgIpc) is 2.87. The van der Waals surface area contributed by atoms with Crippen molar-refractivity contribution in [3.8, 4) is 0 Å². The highest BCUT2D eigenvalue weighted by atomic mass is 16.5. The summed E-state index contributed by atoms with van der Waals surface area (Å²) >= 11 is 0. The first-order valence-corrected chi connectivity index (χ1v) is 4.61. The normalized spacial score (nSPS) is 21.0. The molecule has 0 aromatic carbocycles. The number of carbonyl (C=O) groups excluding carboxylic acids is 2. The first-order chi connectivity index (χ1) is 6.83. The topological polar surface area (TPSA) is 48.3 Å². The van der Waals surface area contributed by atoms with Crippen LogP contribution in [0, 0.1) is 0 Å². The summed E-state index contributed by atoms with van der Waals surface area (Å²) in [6, 6.07) is 3.29. The van der Waals surface area contributed by atoms with E-state index in [2.05, 4.69) is 0 Å². The van der Waals surface area contributed by atoms with Gasteiger partial charge in [-0.3, -0.25) is 14.2 Å². The lowest BCUT2D eigenvalue weighted by Crippen LogP contribution is -2.26. The Morgan fingerprint density at radius 3 is 3.14 bits per heavy atom. The molecule has 1 aliphatic rings. The van der Waals surface area contributed by atoms with Gasteiger partial charge >= 0.3 is 0 Å². The standard InChI is InChI=1S/C10H11NO3/c12-7-8-3-1-5-11(8)10(13)9-4-2-6-14-9/h1,3,5,7,9H,2,4,6H2. The van der Waals surface area contributed by atoms with Crippen molar-refractivity contribution in [2.75, 3.05) is 6.61 Å². The third-order valence-corrected chi connectivity index (χ3v) is 2.34. The minimum Gasteiger partial charge on any atom is -0.368 e. The lowest BCUT2D eigenvalue weighted by molar-refractivity contribution is 0.0551. The molecule has 1 aromatic rings. The molecule has 0 amide bonds. The van der Waals surface area contributed by atoms with Crippen LogP contribution in [0.2, 0.25) is 0 Å². The Morgan fingerprint density at radius 2 is 2.50 bits per heavy atom. The third kappa shape index (κ3) is 1.48. The van der Waals surface area contributed by atoms with Gasteiger partial charge in [0, 0.05) is 12.8 Å². The predicted octanol–water partition coefficient (Wildman–Crippen LogP) is 1.12. The molecule has 1 saturated heterocycles. The molecule has 1 aliphatic heterocycles. The van der Waals surface area contributed by atoms with Crippen molar-refractivity contribution in [3.63, 3.8) is 0 Å². The number of hydrogen-bond donors (Lipinski definition) is 0. The minimum absolute atomic E-state index is 0.144. The summed E-state index contributed by atoms with van der Waals surface area (Å²) < 4.78 is 6.60. The van der Waals surface area contributed by atoms with Crippen molar-refractivity contribution in [1.29, 1.82) is 0 Å². The molecule has 4 heteroatoms. The lowest BCUT2D eigenvalue weighted by atomic mass is 10.2. The van der Waals surface area contributed by atoms with E-state index in [0.717, 1.165) is 12.8 Å². The molecule has 2 rings (SSSR count). The van der Waals surface area contributed by atoms with E-state index in [1.165, 1.54) is 4.57 Å². The van der Waals surface area contributed by atoms with E-state index >= 15 is 0 Å². The molecule has 74 valence electrons. The Bertz CT molecular complexity index is 350. The van der Waals surface area contributed by atoms with Gasteiger partial charge in [-0.05, 0) is 25.0 Å². The van der Waals surface area contributed by atoms with Crippen LogP contribution in [0.15, 0.2) is 18.3 Å². The lowest BCUT2D eigenvalue weighted by Gasteiger charge is -2.09. The maximum absolute atomic E-state index is 11.8. The van der Waals surface area contributed by atoms with Crippen LogP contribution in [0.1, 0.15) is 28.1 Å². The first kappa shape index (κ1) is 9.15. The Hall–Kier alpha value is -1.42. The summed E-state index contributed by atoms with van der Waals surface area (Å²) in [5, 5.41) is 0. The molecule has 1 unspecified atom stereocenters. The molecule has 0 N–H and O–H groups in total. The van der Waals surface area contributed by atoms with Gasteiger partial charge in [-0.2, -0.15) is 0 Å². The van der Waals surface area contributed by atoms with Gasteiger partial charge in [-0.15, -0.1) is 0 Å². The molecule has 1 fully saturated rings. The summed E-state index contributed by atoms with van der Waals surface area (Å²) in [6.07, 6.45) is 3.55. The SMILES string of the molecule is O=Cc1cccn1C(=O)C1CCCO1. The second-order valence-electron chi connectivity index (χ2n) is 3.26. The van der Waals surface area contributed by atoms with Gasteiger partial charge in [0.15, 0.2) is 6.29 Å². The highest BCUT2D eigenvalue weighted by molar-refractivity contribution is 5.89. The third-order valence-electron chi connectivity index (χ3n) is 2.34. The van der Waals surface area contributed by atoms with Crippen LogP contribution < -0.4 is 0 Å². The van der Waals surface area contributed by atoms with E-state index in [1.54, 1.807) is 18.3 Å². The Balaban J connectivity index is 2.21. The second-order valence-corrected chi connectivity index (χ2v) is 3.26. The van der Waals surface area contributed by atoms with E-state index in [0.29, 0.717) is 18.6 Å². The number of aromatic nitrogens is 1. The van der Waals surface area contributed by atoms with E-state index in [-0.39, 0.29) is 12.0 Å². The van der Waals surface area contributed by atoms with Crippen molar-refractivity contribution in [2.45, 2.75) is 18.9 Å². The van der Waals surface area contributed by atoms with Crippen molar-refractivity contribution < 1.29 is 14.3 Å². The van der Waals surface area contributed by atoms with E-state index in [9.17, 15) is 9.59 Å². The Morgan fingerprint density at radius 1 is 1.64 bits per heavy atom. The molecule has 14 heavy (non-hydrogen) atoms. The van der Waals surface area contributed by atoms with Crippen LogP contribution in [-0.4, -0.2) is 29.5 Å². The Kier molecular flexibility index (Phi) is 2.45. The van der Waals surface area contributed by atoms with Crippen LogP contribution in [0.4, 0.5) is 0 Å². The largest absolute Gasteiger partial charge is 0.368 e. The highest BCUT2D eigenvalue weighted by Gasteiger charge is 2.25. The van der Waals surface area contributed by atoms with Crippen molar-refractivity contribution >= 4 is 12.2 Å². The Labute approximate surface area is 81.5 Å². The minimum atomic E-state index is -0.374. The molecule has 0 saturated carbocycles. The molecule has 4 nitrogen and oxygen atoms in total. The zero-order chi connectivity index (χ0) is 9.97. The van der Waals surface area contributed by atoms with Gasteiger partial charge in [0.2, 0.25) is 0 Å². The van der Waals surface area contributed by atoms with Gasteiger partial charge in [0.25, 0.3) is 5.91 Å². The second kappa shape index (κ2) is 3.75. The molecule has 2 heterocycles. The zero-order valence-electron chi connectivity index (χ0n) is 7.68. The number of nitrogens with zero attached hydrogens (tertiary/aromatic N) is 1. The monoisotopic (exact) mass is 193 g/mol. The predicted molar refractivity (Wildman–Crippen MR) is 49.4 cm³/mol. The van der Waals surface area contributed by atoms with Gasteiger partial charge in [-0.25, -0.2) is 0 Å². The fraction of sp³-hybridized carbons (Fsp3) is 0.400. The maximum atomic E-state index is 11.8. The average molecular weight is 193 g/mol. The van der Waals surface area contributed by atoms with Gasteiger partial charge in [0.05, 0.1) is 5.69 Å². The van der Waals surface area contributed by atoms with Crippen LogP contribution in [-0.2, 0) is 4.74 Å². The van der Waals surface area contributed by atoms with Gasteiger partial charge in [-0.1, -0.05) is 0 Å². The molecule has 1 atom stereocenters. The van der Waals surface area contributed by atoms with Crippen molar-refractivity contribution in [3.05, 3.63) is 24.0 Å². The van der Waals surface area contributed by atoms with Crippen molar-refractivity contribution in [2.24, 2.45) is 0 Å². The molecular formula is C10H11NO3. The fourth-order valence-corrected chi connectivity index (χ4v) is 1.62. The smallest absolute Gasteiger partial charge is 0.260 e. The molecule has 0 bridgehead atoms. The molecule has 1 aromatic heterocycles. The summed E-state index contributed by atoms with van der Waals surface area (Å²) in [6.45, 7) is 0.633. The van der Waals surface area contributed by atoms with Gasteiger partial charge < -0.3 is 4.74 Å². The quantitative estimate of drug-likeness (QED) is 0.661. The summed E-state index contributed by atoms with van der Waals surface area (Å²) in [7, 11) is 0. The summed E-state index contributed by atoms with van der Waals surface area (Å²) in [5.41, 5.74) is 0.380. The number of hydrogen-bond acceptors (Lipinski definition) is 3. The first-order valence-electron chi connectivity index (χ1n) is 4.61. The number of aldehydes is 1. The number of rotatable bonds is 2.